The topological polar surface area (TPSA) is 53.0 Å². The second-order valence-electron chi connectivity index (χ2n) is 8.45. The third-order valence-corrected chi connectivity index (χ3v) is 8.99. The zero-order chi connectivity index (χ0) is 19.3. The molecule has 0 radical (unpaired) electrons. The quantitative estimate of drug-likeness (QED) is 0.669. The van der Waals surface area contributed by atoms with Crippen LogP contribution in [0.2, 0.25) is 0 Å². The van der Waals surface area contributed by atoms with E-state index >= 15 is 0 Å². The zero-order valence-electron chi connectivity index (χ0n) is 16.2. The molecule has 1 fully saturated rings. The van der Waals surface area contributed by atoms with E-state index in [2.05, 4.69) is 48.3 Å². The Bertz CT molecular complexity index is 1030. The van der Waals surface area contributed by atoms with Gasteiger partial charge in [-0.1, -0.05) is 12.1 Å². The third kappa shape index (κ3) is 3.09. The Morgan fingerprint density at radius 2 is 1.93 bits per heavy atom. The first-order valence-corrected chi connectivity index (χ1v) is 11.7. The molecular formula is C23H25N3S2. The minimum Gasteiger partial charge on any atom is -0.316 e. The highest BCUT2D eigenvalue weighted by atomic mass is 32.1. The highest BCUT2D eigenvalue weighted by molar-refractivity contribution is 7.29. The predicted octanol–water partition coefficient (Wildman–Crippen LogP) is 4.93. The molecule has 1 aromatic carbocycles. The standard InChI is InChI=1S/C23H25N3S2/c1-26-8-6-23(7-9-26)5-4-15-2-3-16(10-19(15)23)20-13-22-21(28-20)12-18(27-22)11-17(25)14-24/h2-3,10,12-13,17H,4-9,11,25H2,1H3. The molecule has 1 unspecified atom stereocenters. The molecule has 2 aromatic heterocycles. The maximum Gasteiger partial charge on any atom is 0.0976 e. The van der Waals surface area contributed by atoms with Crippen LogP contribution in [-0.4, -0.2) is 31.1 Å². The fourth-order valence-corrected chi connectivity index (χ4v) is 7.38. The van der Waals surface area contributed by atoms with Crippen LogP contribution in [0.15, 0.2) is 30.3 Å². The van der Waals surface area contributed by atoms with Crippen LogP contribution in [0.3, 0.4) is 0 Å². The van der Waals surface area contributed by atoms with E-state index in [-0.39, 0.29) is 0 Å². The van der Waals surface area contributed by atoms with Gasteiger partial charge in [-0.3, -0.25) is 0 Å². The van der Waals surface area contributed by atoms with Crippen LogP contribution < -0.4 is 5.73 Å². The smallest absolute Gasteiger partial charge is 0.0976 e. The minimum atomic E-state index is -0.408. The molecule has 3 nitrogen and oxygen atoms in total. The molecule has 2 N–H and O–H groups in total. The van der Waals surface area contributed by atoms with Crippen LogP contribution in [0.5, 0.6) is 0 Å². The van der Waals surface area contributed by atoms with Gasteiger partial charge in [0.2, 0.25) is 0 Å². The number of rotatable bonds is 3. The first-order valence-electron chi connectivity index (χ1n) is 10.1. The molecule has 2 aliphatic rings. The van der Waals surface area contributed by atoms with Gasteiger partial charge in [0.25, 0.3) is 0 Å². The largest absolute Gasteiger partial charge is 0.316 e. The lowest BCUT2D eigenvalue weighted by atomic mass is 9.73. The van der Waals surface area contributed by atoms with Gasteiger partial charge < -0.3 is 10.6 Å². The number of fused-ring (bicyclic) bond motifs is 3. The number of hydrogen-bond acceptors (Lipinski definition) is 5. The lowest BCUT2D eigenvalue weighted by Crippen LogP contribution is -2.39. The summed E-state index contributed by atoms with van der Waals surface area (Å²) in [5, 5.41) is 8.94. The van der Waals surface area contributed by atoms with Crippen molar-refractivity contribution in [3.63, 3.8) is 0 Å². The van der Waals surface area contributed by atoms with Gasteiger partial charge in [0.05, 0.1) is 12.1 Å². The first-order chi connectivity index (χ1) is 13.6. The minimum absolute atomic E-state index is 0.408. The Kier molecular flexibility index (Phi) is 4.56. The van der Waals surface area contributed by atoms with Crippen LogP contribution in [-0.2, 0) is 18.3 Å². The van der Waals surface area contributed by atoms with Crippen LogP contribution >= 0.6 is 22.7 Å². The Hall–Kier alpha value is -1.71. The number of hydrogen-bond donors (Lipinski definition) is 1. The van der Waals surface area contributed by atoms with E-state index in [1.807, 2.05) is 11.3 Å². The maximum atomic E-state index is 8.94. The Morgan fingerprint density at radius 1 is 1.14 bits per heavy atom. The van der Waals surface area contributed by atoms with Crippen molar-refractivity contribution < 1.29 is 0 Å². The van der Waals surface area contributed by atoms with Crippen molar-refractivity contribution in [2.24, 2.45) is 5.73 Å². The van der Waals surface area contributed by atoms with Crippen molar-refractivity contribution in [3.8, 4) is 16.5 Å². The Balaban J connectivity index is 1.46. The van der Waals surface area contributed by atoms with Gasteiger partial charge in [-0.2, -0.15) is 5.26 Å². The van der Waals surface area contributed by atoms with Crippen molar-refractivity contribution in [1.29, 1.82) is 5.26 Å². The van der Waals surface area contributed by atoms with E-state index in [4.69, 9.17) is 11.0 Å². The van der Waals surface area contributed by atoms with Gasteiger partial charge in [-0.05, 0) is 86.1 Å². The Labute approximate surface area is 174 Å². The summed E-state index contributed by atoms with van der Waals surface area (Å²) >= 11 is 3.64. The van der Waals surface area contributed by atoms with Crippen LogP contribution in [0, 0.1) is 11.3 Å². The number of nitriles is 1. The average molecular weight is 408 g/mol. The summed E-state index contributed by atoms with van der Waals surface area (Å²) in [5.74, 6) is 0. The van der Waals surface area contributed by atoms with E-state index in [0.29, 0.717) is 11.8 Å². The number of nitrogens with zero attached hydrogens (tertiary/aromatic N) is 2. The lowest BCUT2D eigenvalue weighted by Gasteiger charge is -2.38. The number of benzene rings is 1. The molecule has 5 heteroatoms. The molecule has 0 saturated carbocycles. The molecule has 3 aromatic rings. The average Bonchev–Trinajstić information content (AvgIpc) is 3.36. The first kappa shape index (κ1) is 18.3. The van der Waals surface area contributed by atoms with Crippen LogP contribution in [0.25, 0.3) is 19.8 Å². The van der Waals surface area contributed by atoms with Crippen molar-refractivity contribution in [2.75, 3.05) is 20.1 Å². The lowest BCUT2D eigenvalue weighted by molar-refractivity contribution is 0.187. The van der Waals surface area contributed by atoms with Gasteiger partial charge in [-0.15, -0.1) is 22.7 Å². The van der Waals surface area contributed by atoms with Crippen molar-refractivity contribution in [2.45, 2.75) is 43.6 Å². The molecule has 0 amide bonds. The molecule has 0 bridgehead atoms. The van der Waals surface area contributed by atoms with E-state index < -0.39 is 6.04 Å². The number of piperidine rings is 1. The summed E-state index contributed by atoms with van der Waals surface area (Å²) in [6.45, 7) is 2.43. The van der Waals surface area contributed by atoms with Gasteiger partial charge in [0, 0.05) is 25.6 Å². The second kappa shape index (κ2) is 6.96. The summed E-state index contributed by atoms with van der Waals surface area (Å²) in [5.41, 5.74) is 10.8. The molecule has 144 valence electrons. The molecule has 1 aliphatic carbocycles. The van der Waals surface area contributed by atoms with Crippen molar-refractivity contribution in [1.82, 2.24) is 4.90 Å². The van der Waals surface area contributed by atoms with E-state index in [1.54, 1.807) is 22.5 Å². The number of likely N-dealkylation sites (tertiary alicyclic amines) is 1. The summed E-state index contributed by atoms with van der Waals surface area (Å²) in [6.07, 6.45) is 5.79. The molecule has 3 heterocycles. The predicted molar refractivity (Wildman–Crippen MR) is 119 cm³/mol. The summed E-state index contributed by atoms with van der Waals surface area (Å²) in [4.78, 5) is 5.03. The Morgan fingerprint density at radius 3 is 2.68 bits per heavy atom. The molecule has 1 atom stereocenters. The van der Waals surface area contributed by atoms with E-state index in [1.165, 1.54) is 63.5 Å². The SMILES string of the molecule is CN1CCC2(CCc3ccc(-c4cc5sc(CC(N)C#N)cc5s4)cc32)CC1. The second-order valence-corrected chi connectivity index (χ2v) is 10.7. The normalized spacial score (nSPS) is 19.8. The fourth-order valence-electron chi connectivity index (χ4n) is 4.91. The van der Waals surface area contributed by atoms with E-state index in [9.17, 15) is 0 Å². The van der Waals surface area contributed by atoms with Crippen LogP contribution in [0.1, 0.15) is 35.3 Å². The maximum absolute atomic E-state index is 8.94. The van der Waals surface area contributed by atoms with Gasteiger partial charge in [0.15, 0.2) is 0 Å². The summed E-state index contributed by atoms with van der Waals surface area (Å²) < 4.78 is 2.63. The zero-order valence-corrected chi connectivity index (χ0v) is 17.8. The van der Waals surface area contributed by atoms with Crippen molar-refractivity contribution >= 4 is 32.1 Å². The number of nitrogens with two attached hydrogens (primary N) is 1. The third-order valence-electron chi connectivity index (χ3n) is 6.63. The highest BCUT2D eigenvalue weighted by Crippen LogP contribution is 2.48. The van der Waals surface area contributed by atoms with Crippen molar-refractivity contribution in [3.05, 3.63) is 46.3 Å². The summed E-state index contributed by atoms with van der Waals surface area (Å²) in [7, 11) is 2.25. The molecule has 1 spiro atoms. The van der Waals surface area contributed by atoms with Crippen LogP contribution in [0.4, 0.5) is 0 Å². The van der Waals surface area contributed by atoms with Gasteiger partial charge in [0.1, 0.15) is 0 Å². The number of aryl methyl sites for hydroxylation is 1. The highest BCUT2D eigenvalue weighted by Gasteiger charge is 2.40. The van der Waals surface area contributed by atoms with Gasteiger partial charge >= 0.3 is 0 Å². The summed E-state index contributed by atoms with van der Waals surface area (Å²) in [6, 6.07) is 13.4. The molecular weight excluding hydrogens is 382 g/mol. The molecule has 28 heavy (non-hydrogen) atoms. The molecule has 1 aliphatic heterocycles. The molecule has 5 rings (SSSR count). The molecule has 1 saturated heterocycles. The fraction of sp³-hybridized carbons (Fsp3) is 0.435. The monoisotopic (exact) mass is 407 g/mol. The number of thiophene rings is 2. The van der Waals surface area contributed by atoms with Gasteiger partial charge in [-0.25, -0.2) is 0 Å². The van der Waals surface area contributed by atoms with E-state index in [0.717, 1.165) is 0 Å².